The van der Waals surface area contributed by atoms with E-state index in [1.54, 1.807) is 5.57 Å². The molecule has 0 bridgehead atoms. The van der Waals surface area contributed by atoms with Gasteiger partial charge in [-0.25, -0.2) is 4.79 Å². The molecule has 0 atom stereocenters. The number of carbonyl (C=O) groups excluding carboxylic acids is 1. The maximum atomic E-state index is 11.4. The van der Waals surface area contributed by atoms with Crippen LogP contribution in [-0.2, 0) is 9.53 Å². The summed E-state index contributed by atoms with van der Waals surface area (Å²) in [5, 5.41) is 0. The van der Waals surface area contributed by atoms with Crippen LogP contribution in [0.2, 0.25) is 0 Å². The molecular formula is C22H32O2. The molecule has 24 heavy (non-hydrogen) atoms. The Morgan fingerprint density at radius 1 is 1.21 bits per heavy atom. The SMILES string of the molecule is CCOC(=O)\C=C(C)/C=C/C=C(C)/C=C1\CCCC(C)=C1C(C)C. The molecule has 1 rings (SSSR count). The first-order valence-electron chi connectivity index (χ1n) is 8.95. The lowest BCUT2D eigenvalue weighted by molar-refractivity contribution is -0.137. The van der Waals surface area contributed by atoms with Gasteiger partial charge >= 0.3 is 5.97 Å². The number of hydrogen-bond donors (Lipinski definition) is 0. The Morgan fingerprint density at radius 2 is 1.92 bits per heavy atom. The standard InChI is InChI=1S/C22H32O2/c1-7-24-21(23)15-18(5)11-8-10-17(4)14-20-13-9-12-19(6)22(20)16(2)3/h8,10-11,14-16H,7,9,12-13H2,1-6H3/b11-8+,17-10+,18-15-,20-14+. The largest absolute Gasteiger partial charge is 0.463 e. The summed E-state index contributed by atoms with van der Waals surface area (Å²) in [5.74, 6) is 0.293. The van der Waals surface area contributed by atoms with Crippen LogP contribution >= 0.6 is 0 Å². The highest BCUT2D eigenvalue weighted by Gasteiger charge is 2.17. The minimum Gasteiger partial charge on any atom is -0.463 e. The van der Waals surface area contributed by atoms with Gasteiger partial charge in [-0.1, -0.05) is 49.3 Å². The van der Waals surface area contributed by atoms with E-state index >= 15 is 0 Å². The quantitative estimate of drug-likeness (QED) is 0.335. The normalized spacial score (nSPS) is 18.9. The summed E-state index contributed by atoms with van der Waals surface area (Å²) < 4.78 is 4.91. The van der Waals surface area contributed by atoms with Crippen LogP contribution in [0.3, 0.4) is 0 Å². The van der Waals surface area contributed by atoms with Gasteiger partial charge in [-0.05, 0) is 69.6 Å². The van der Waals surface area contributed by atoms with Gasteiger partial charge in [0.05, 0.1) is 6.61 Å². The van der Waals surface area contributed by atoms with Crippen molar-refractivity contribution in [3.63, 3.8) is 0 Å². The smallest absolute Gasteiger partial charge is 0.330 e. The van der Waals surface area contributed by atoms with E-state index in [2.05, 4.69) is 39.8 Å². The zero-order chi connectivity index (χ0) is 18.1. The van der Waals surface area contributed by atoms with Crippen molar-refractivity contribution in [3.8, 4) is 0 Å². The van der Waals surface area contributed by atoms with Gasteiger partial charge in [0.15, 0.2) is 0 Å². The van der Waals surface area contributed by atoms with E-state index in [9.17, 15) is 4.79 Å². The minimum absolute atomic E-state index is 0.285. The Kier molecular flexibility index (Phi) is 8.53. The topological polar surface area (TPSA) is 26.3 Å². The highest BCUT2D eigenvalue weighted by Crippen LogP contribution is 2.34. The Labute approximate surface area is 147 Å². The molecule has 1 aliphatic rings. The Morgan fingerprint density at radius 3 is 2.54 bits per heavy atom. The number of rotatable bonds is 6. The summed E-state index contributed by atoms with van der Waals surface area (Å²) in [7, 11) is 0. The first-order valence-corrected chi connectivity index (χ1v) is 8.95. The number of allylic oxidation sites excluding steroid dienone is 9. The zero-order valence-electron chi connectivity index (χ0n) is 16.1. The summed E-state index contributed by atoms with van der Waals surface area (Å²) in [6.45, 7) is 13.1. The molecule has 0 saturated carbocycles. The summed E-state index contributed by atoms with van der Waals surface area (Å²) in [4.78, 5) is 11.4. The van der Waals surface area contributed by atoms with Crippen molar-refractivity contribution in [1.29, 1.82) is 0 Å². The van der Waals surface area contributed by atoms with Crippen molar-refractivity contribution >= 4 is 5.97 Å². The minimum atomic E-state index is -0.285. The molecular weight excluding hydrogens is 296 g/mol. The van der Waals surface area contributed by atoms with Crippen LogP contribution < -0.4 is 0 Å². The molecule has 0 aromatic heterocycles. The van der Waals surface area contributed by atoms with Crippen LogP contribution in [-0.4, -0.2) is 12.6 Å². The van der Waals surface area contributed by atoms with E-state index in [1.165, 1.54) is 42.1 Å². The average molecular weight is 328 g/mol. The van der Waals surface area contributed by atoms with E-state index in [0.29, 0.717) is 12.5 Å². The molecule has 132 valence electrons. The third-order valence-corrected chi connectivity index (χ3v) is 4.13. The monoisotopic (exact) mass is 328 g/mol. The Hall–Kier alpha value is -1.83. The van der Waals surface area contributed by atoms with E-state index in [-0.39, 0.29) is 5.97 Å². The summed E-state index contributed by atoms with van der Waals surface area (Å²) >= 11 is 0. The lowest BCUT2D eigenvalue weighted by Crippen LogP contribution is -2.07. The van der Waals surface area contributed by atoms with Crippen LogP contribution in [0.4, 0.5) is 0 Å². The molecule has 0 heterocycles. The van der Waals surface area contributed by atoms with Gasteiger partial charge in [0, 0.05) is 6.08 Å². The second-order valence-corrected chi connectivity index (χ2v) is 6.78. The van der Waals surface area contributed by atoms with Crippen molar-refractivity contribution < 1.29 is 9.53 Å². The number of ether oxygens (including phenoxy) is 1. The molecule has 0 spiro atoms. The lowest BCUT2D eigenvalue weighted by Gasteiger charge is -2.24. The number of carbonyl (C=O) groups is 1. The maximum absolute atomic E-state index is 11.4. The van der Waals surface area contributed by atoms with E-state index in [1.807, 2.05) is 26.0 Å². The van der Waals surface area contributed by atoms with Crippen LogP contribution in [0.15, 0.2) is 58.2 Å². The molecule has 0 N–H and O–H groups in total. The average Bonchev–Trinajstić information content (AvgIpc) is 2.46. The van der Waals surface area contributed by atoms with Crippen molar-refractivity contribution in [2.75, 3.05) is 6.61 Å². The summed E-state index contributed by atoms with van der Waals surface area (Å²) in [6, 6.07) is 0. The first-order chi connectivity index (χ1) is 11.3. The van der Waals surface area contributed by atoms with E-state index in [4.69, 9.17) is 4.74 Å². The van der Waals surface area contributed by atoms with Crippen LogP contribution in [0.25, 0.3) is 0 Å². The maximum Gasteiger partial charge on any atom is 0.330 e. The molecule has 0 fully saturated rings. The molecule has 0 saturated heterocycles. The molecule has 0 radical (unpaired) electrons. The second kappa shape index (κ2) is 10.1. The number of hydrogen-bond acceptors (Lipinski definition) is 2. The van der Waals surface area contributed by atoms with Crippen molar-refractivity contribution in [3.05, 3.63) is 58.2 Å². The summed E-state index contributed by atoms with van der Waals surface area (Å²) in [6.07, 6.45) is 13.5. The molecule has 0 amide bonds. The highest BCUT2D eigenvalue weighted by atomic mass is 16.5. The molecule has 0 aliphatic heterocycles. The van der Waals surface area contributed by atoms with Crippen molar-refractivity contribution in [1.82, 2.24) is 0 Å². The third-order valence-electron chi connectivity index (χ3n) is 4.13. The van der Waals surface area contributed by atoms with E-state index in [0.717, 1.165) is 5.57 Å². The fourth-order valence-electron chi connectivity index (χ4n) is 3.19. The molecule has 0 unspecified atom stereocenters. The lowest BCUT2D eigenvalue weighted by atomic mass is 9.81. The molecule has 1 aliphatic carbocycles. The van der Waals surface area contributed by atoms with Gasteiger partial charge in [0.1, 0.15) is 0 Å². The Balaban J connectivity index is 2.84. The van der Waals surface area contributed by atoms with Crippen LogP contribution in [0.1, 0.15) is 60.8 Å². The van der Waals surface area contributed by atoms with Crippen LogP contribution in [0.5, 0.6) is 0 Å². The fraction of sp³-hybridized carbons (Fsp3) is 0.500. The fourth-order valence-corrected chi connectivity index (χ4v) is 3.19. The van der Waals surface area contributed by atoms with Crippen molar-refractivity contribution in [2.24, 2.45) is 5.92 Å². The third kappa shape index (κ3) is 6.74. The van der Waals surface area contributed by atoms with Crippen LogP contribution in [0, 0.1) is 5.92 Å². The van der Waals surface area contributed by atoms with Gasteiger partial charge in [-0.2, -0.15) is 0 Å². The van der Waals surface area contributed by atoms with Gasteiger partial charge in [-0.15, -0.1) is 0 Å². The van der Waals surface area contributed by atoms with Gasteiger partial charge in [-0.3, -0.25) is 0 Å². The predicted octanol–water partition coefficient (Wildman–Crippen LogP) is 6.08. The molecule has 0 aromatic rings. The van der Waals surface area contributed by atoms with Gasteiger partial charge < -0.3 is 4.74 Å². The highest BCUT2D eigenvalue weighted by molar-refractivity contribution is 5.83. The predicted molar refractivity (Wildman–Crippen MR) is 103 cm³/mol. The second-order valence-electron chi connectivity index (χ2n) is 6.78. The Bertz CT molecular complexity index is 595. The van der Waals surface area contributed by atoms with Crippen molar-refractivity contribution in [2.45, 2.75) is 60.8 Å². The van der Waals surface area contributed by atoms with Gasteiger partial charge in [0.25, 0.3) is 0 Å². The molecule has 0 aromatic carbocycles. The molecule has 2 heteroatoms. The zero-order valence-corrected chi connectivity index (χ0v) is 16.1. The van der Waals surface area contributed by atoms with Gasteiger partial charge in [0.2, 0.25) is 0 Å². The first kappa shape index (κ1) is 20.2. The number of esters is 1. The van der Waals surface area contributed by atoms with E-state index < -0.39 is 0 Å². The summed E-state index contributed by atoms with van der Waals surface area (Å²) in [5.41, 5.74) is 6.68. The molecule has 2 nitrogen and oxygen atoms in total.